The van der Waals surface area contributed by atoms with Crippen molar-refractivity contribution >= 4 is 21.6 Å². The molecule has 0 bridgehead atoms. The van der Waals surface area contributed by atoms with E-state index in [-0.39, 0.29) is 4.90 Å². The monoisotopic (exact) mass is 395 g/mol. The predicted octanol–water partition coefficient (Wildman–Crippen LogP) is 1.83. The smallest absolute Gasteiger partial charge is 0.243 e. The van der Waals surface area contributed by atoms with E-state index >= 15 is 0 Å². The summed E-state index contributed by atoms with van der Waals surface area (Å²) in [6.07, 6.45) is 0. The van der Waals surface area contributed by atoms with E-state index in [1.54, 1.807) is 22.5 Å². The highest BCUT2D eigenvalue weighted by Crippen LogP contribution is 2.20. The van der Waals surface area contributed by atoms with E-state index in [1.165, 1.54) is 11.0 Å². The number of hydrogen-bond donors (Lipinski definition) is 1. The van der Waals surface area contributed by atoms with Crippen molar-refractivity contribution in [3.8, 4) is 5.75 Å². The van der Waals surface area contributed by atoms with E-state index in [4.69, 9.17) is 16.3 Å². The van der Waals surface area contributed by atoms with Gasteiger partial charge in [-0.05, 0) is 37.3 Å². The zero-order chi connectivity index (χ0) is 18.6. The average Bonchev–Trinajstić information content (AvgIpc) is 2.64. The molecule has 0 aromatic heterocycles. The van der Waals surface area contributed by atoms with E-state index in [1.807, 2.05) is 25.1 Å². The molecule has 1 fully saturated rings. The molecule has 5 nitrogen and oxygen atoms in total. The summed E-state index contributed by atoms with van der Waals surface area (Å²) in [7, 11) is -3.49. The van der Waals surface area contributed by atoms with Gasteiger partial charge < -0.3 is 9.64 Å². The number of benzene rings is 2. The molecule has 0 amide bonds. The molecular formula is C19H24ClN2O3S+. The Morgan fingerprint density at radius 1 is 1.12 bits per heavy atom. The first-order chi connectivity index (χ1) is 12.5. The van der Waals surface area contributed by atoms with Crippen LogP contribution in [0.5, 0.6) is 5.75 Å². The number of quaternary nitrogens is 1. The molecule has 0 atom stereocenters. The third kappa shape index (κ3) is 4.38. The van der Waals surface area contributed by atoms with Crippen LogP contribution in [0.3, 0.4) is 0 Å². The van der Waals surface area contributed by atoms with Crippen LogP contribution in [-0.4, -0.2) is 45.5 Å². The Morgan fingerprint density at radius 2 is 1.85 bits per heavy atom. The summed E-state index contributed by atoms with van der Waals surface area (Å²) in [5, 5.41) is 0.433. The van der Waals surface area contributed by atoms with E-state index in [0.29, 0.717) is 24.7 Å². The van der Waals surface area contributed by atoms with Gasteiger partial charge in [0, 0.05) is 10.6 Å². The van der Waals surface area contributed by atoms with Gasteiger partial charge in [0.15, 0.2) is 0 Å². The van der Waals surface area contributed by atoms with Crippen molar-refractivity contribution in [2.24, 2.45) is 0 Å². The summed E-state index contributed by atoms with van der Waals surface area (Å²) in [6.45, 7) is 5.98. The second kappa shape index (κ2) is 8.39. The van der Waals surface area contributed by atoms with Gasteiger partial charge in [-0.2, -0.15) is 4.31 Å². The zero-order valence-electron chi connectivity index (χ0n) is 14.8. The maximum absolute atomic E-state index is 12.8. The number of rotatable bonds is 6. The molecule has 0 aliphatic carbocycles. The van der Waals surface area contributed by atoms with Gasteiger partial charge in [-0.1, -0.05) is 29.8 Å². The molecule has 3 rings (SSSR count). The standard InChI is InChI=1S/C19H23ClN2O3S/c1-2-25-19-9-4-3-6-16(19)15-21-10-12-22(13-11-21)26(23,24)18-8-5-7-17(20)14-18/h3-9,14H,2,10-13,15H2,1H3/p+1. The molecule has 1 heterocycles. The summed E-state index contributed by atoms with van der Waals surface area (Å²) < 4.78 is 32.8. The highest BCUT2D eigenvalue weighted by molar-refractivity contribution is 7.89. The lowest BCUT2D eigenvalue weighted by atomic mass is 10.2. The Bertz CT molecular complexity index is 849. The second-order valence-electron chi connectivity index (χ2n) is 6.33. The highest BCUT2D eigenvalue weighted by Gasteiger charge is 2.30. The van der Waals surface area contributed by atoms with Crippen molar-refractivity contribution in [2.45, 2.75) is 18.4 Å². The number of sulfonamides is 1. The molecule has 0 saturated carbocycles. The summed E-state index contributed by atoms with van der Waals surface area (Å²) in [5.41, 5.74) is 1.16. The van der Waals surface area contributed by atoms with Crippen LogP contribution in [0.15, 0.2) is 53.4 Å². The van der Waals surface area contributed by atoms with Crippen LogP contribution in [0, 0.1) is 0 Å². The largest absolute Gasteiger partial charge is 0.493 e. The molecule has 1 N–H and O–H groups in total. The lowest BCUT2D eigenvalue weighted by Crippen LogP contribution is -3.13. The van der Waals surface area contributed by atoms with Crippen LogP contribution < -0.4 is 9.64 Å². The quantitative estimate of drug-likeness (QED) is 0.811. The minimum atomic E-state index is -3.49. The van der Waals surface area contributed by atoms with Gasteiger partial charge in [0.25, 0.3) is 0 Å². The Kier molecular flexibility index (Phi) is 6.19. The van der Waals surface area contributed by atoms with E-state index in [0.717, 1.165) is 30.9 Å². The van der Waals surface area contributed by atoms with Crippen LogP contribution in [0.4, 0.5) is 0 Å². The first-order valence-electron chi connectivity index (χ1n) is 8.80. The van der Waals surface area contributed by atoms with Crippen LogP contribution in [0.2, 0.25) is 5.02 Å². The Hall–Kier alpha value is -1.60. The molecule has 2 aromatic carbocycles. The number of nitrogens with one attached hydrogen (secondary N) is 1. The average molecular weight is 396 g/mol. The van der Waals surface area contributed by atoms with Crippen molar-refractivity contribution in [2.75, 3.05) is 32.8 Å². The maximum atomic E-state index is 12.8. The lowest BCUT2D eigenvalue weighted by Gasteiger charge is -2.31. The summed E-state index contributed by atoms with van der Waals surface area (Å²) in [6, 6.07) is 14.5. The molecular weight excluding hydrogens is 372 g/mol. The van der Waals surface area contributed by atoms with E-state index in [2.05, 4.69) is 6.07 Å². The van der Waals surface area contributed by atoms with Crippen molar-refractivity contribution in [3.05, 3.63) is 59.1 Å². The van der Waals surface area contributed by atoms with Crippen molar-refractivity contribution in [3.63, 3.8) is 0 Å². The van der Waals surface area contributed by atoms with Crippen LogP contribution in [0.1, 0.15) is 12.5 Å². The van der Waals surface area contributed by atoms with E-state index < -0.39 is 10.0 Å². The molecule has 2 aromatic rings. The second-order valence-corrected chi connectivity index (χ2v) is 8.70. The number of nitrogens with zero attached hydrogens (tertiary/aromatic N) is 1. The Balaban J connectivity index is 1.64. The maximum Gasteiger partial charge on any atom is 0.243 e. The number of ether oxygens (including phenoxy) is 1. The Labute approximate surface area is 160 Å². The molecule has 0 radical (unpaired) electrons. The first kappa shape index (κ1) is 19.2. The zero-order valence-corrected chi connectivity index (χ0v) is 16.4. The third-order valence-corrected chi connectivity index (χ3v) is 6.71. The molecule has 140 valence electrons. The van der Waals surface area contributed by atoms with Crippen LogP contribution >= 0.6 is 11.6 Å². The summed E-state index contributed by atoms with van der Waals surface area (Å²) in [4.78, 5) is 1.62. The third-order valence-electron chi connectivity index (χ3n) is 4.58. The SMILES string of the molecule is CCOc1ccccc1C[NH+]1CCN(S(=O)(=O)c2cccc(Cl)c2)CC1. The van der Waals surface area contributed by atoms with Gasteiger partial charge in [-0.25, -0.2) is 8.42 Å². The number of piperazine rings is 1. The summed E-state index contributed by atoms with van der Waals surface area (Å²) >= 11 is 5.94. The molecule has 1 aliphatic rings. The Morgan fingerprint density at radius 3 is 2.54 bits per heavy atom. The fourth-order valence-corrected chi connectivity index (χ4v) is 4.95. The van der Waals surface area contributed by atoms with Crippen molar-refractivity contribution < 1.29 is 18.1 Å². The molecule has 1 saturated heterocycles. The minimum absolute atomic E-state index is 0.259. The van der Waals surface area contributed by atoms with Gasteiger partial charge in [-0.15, -0.1) is 0 Å². The molecule has 0 unspecified atom stereocenters. The lowest BCUT2D eigenvalue weighted by molar-refractivity contribution is -0.917. The van der Waals surface area contributed by atoms with Crippen molar-refractivity contribution in [1.82, 2.24) is 4.31 Å². The number of halogens is 1. The number of hydrogen-bond acceptors (Lipinski definition) is 3. The van der Waals surface area contributed by atoms with E-state index in [9.17, 15) is 8.42 Å². The van der Waals surface area contributed by atoms with Crippen molar-refractivity contribution in [1.29, 1.82) is 0 Å². The number of para-hydroxylation sites is 1. The van der Waals surface area contributed by atoms with Gasteiger partial charge in [0.2, 0.25) is 10.0 Å². The van der Waals surface area contributed by atoms with Crippen LogP contribution in [0.25, 0.3) is 0 Å². The van der Waals surface area contributed by atoms with Crippen LogP contribution in [-0.2, 0) is 16.6 Å². The fourth-order valence-electron chi connectivity index (χ4n) is 3.21. The predicted molar refractivity (Wildman–Crippen MR) is 102 cm³/mol. The fraction of sp³-hybridized carbons (Fsp3) is 0.368. The topological polar surface area (TPSA) is 51.1 Å². The minimum Gasteiger partial charge on any atom is -0.493 e. The van der Waals surface area contributed by atoms with Gasteiger partial charge in [0.1, 0.15) is 12.3 Å². The summed E-state index contributed by atoms with van der Waals surface area (Å²) in [5.74, 6) is 0.913. The van der Waals surface area contributed by atoms with Gasteiger partial charge in [-0.3, -0.25) is 0 Å². The molecule has 7 heteroatoms. The van der Waals surface area contributed by atoms with Gasteiger partial charge >= 0.3 is 0 Å². The molecule has 1 aliphatic heterocycles. The first-order valence-corrected chi connectivity index (χ1v) is 10.6. The molecule has 26 heavy (non-hydrogen) atoms. The van der Waals surface area contributed by atoms with Gasteiger partial charge in [0.05, 0.1) is 37.7 Å². The normalized spacial score (nSPS) is 16.5. The molecule has 0 spiro atoms. The highest BCUT2D eigenvalue weighted by atomic mass is 35.5.